The van der Waals surface area contributed by atoms with Crippen molar-refractivity contribution in [3.8, 4) is 55.6 Å². The Morgan fingerprint density at radius 3 is 1.43 bits per heavy atom. The van der Waals surface area contributed by atoms with Crippen LogP contribution in [0.2, 0.25) is 0 Å². The van der Waals surface area contributed by atoms with Crippen molar-refractivity contribution in [2.75, 3.05) is 4.90 Å². The molecular weight excluding hydrogens is 727 g/mol. The second-order valence-electron chi connectivity index (χ2n) is 15.2. The minimum atomic E-state index is 0.865. The molecule has 0 fully saturated rings. The average molecular weight is 766 g/mol. The lowest BCUT2D eigenvalue weighted by Gasteiger charge is -2.27. The third-order valence-electron chi connectivity index (χ3n) is 11.7. The summed E-state index contributed by atoms with van der Waals surface area (Å²) in [7, 11) is 0. The molecule has 0 aliphatic carbocycles. The quantitative estimate of drug-likeness (QED) is 0.153. The van der Waals surface area contributed by atoms with Gasteiger partial charge in [0.05, 0.1) is 11.1 Å². The second-order valence-corrected chi connectivity index (χ2v) is 15.2. The van der Waals surface area contributed by atoms with E-state index < -0.39 is 0 Å². The first-order valence-electron chi connectivity index (χ1n) is 20.5. The lowest BCUT2D eigenvalue weighted by molar-refractivity contribution is 0.669. The fourth-order valence-corrected chi connectivity index (χ4v) is 8.87. The van der Waals surface area contributed by atoms with Crippen LogP contribution in [0.1, 0.15) is 0 Å². The van der Waals surface area contributed by atoms with E-state index in [1.165, 1.54) is 60.8 Å². The van der Waals surface area contributed by atoms with Gasteiger partial charge < -0.3 is 9.32 Å². The summed E-state index contributed by atoms with van der Waals surface area (Å²) in [4.78, 5) is 2.36. The molecule has 0 bridgehead atoms. The fourth-order valence-electron chi connectivity index (χ4n) is 8.87. The van der Waals surface area contributed by atoms with Crippen LogP contribution in [0.15, 0.2) is 241 Å². The number of hydrogen-bond acceptors (Lipinski definition) is 2. The van der Waals surface area contributed by atoms with Gasteiger partial charge in [-0.25, -0.2) is 0 Å². The number of hydrogen-bond donors (Lipinski definition) is 0. The van der Waals surface area contributed by atoms with E-state index >= 15 is 0 Å². The van der Waals surface area contributed by atoms with Crippen LogP contribution in [0.25, 0.3) is 88.3 Å². The van der Waals surface area contributed by atoms with E-state index in [4.69, 9.17) is 4.42 Å². The molecule has 0 aliphatic heterocycles. The van der Waals surface area contributed by atoms with Gasteiger partial charge in [-0.05, 0) is 115 Å². The van der Waals surface area contributed by atoms with E-state index in [2.05, 4.69) is 229 Å². The fraction of sp³-hybridized carbons (Fsp3) is 0. The summed E-state index contributed by atoms with van der Waals surface area (Å²) in [5.74, 6) is 0. The highest BCUT2D eigenvalue weighted by Gasteiger charge is 2.20. The minimum Gasteiger partial charge on any atom is -0.456 e. The molecule has 0 unspecified atom stereocenters. The van der Waals surface area contributed by atoms with Gasteiger partial charge in [0, 0.05) is 16.8 Å². The first kappa shape index (κ1) is 35.2. The maximum absolute atomic E-state index is 6.42. The minimum absolute atomic E-state index is 0.865. The van der Waals surface area contributed by atoms with Gasteiger partial charge in [-0.3, -0.25) is 0 Å². The Bertz CT molecular complexity index is 3290. The van der Waals surface area contributed by atoms with Crippen molar-refractivity contribution < 1.29 is 4.42 Å². The second kappa shape index (κ2) is 15.1. The van der Waals surface area contributed by atoms with Crippen LogP contribution in [-0.2, 0) is 0 Å². The van der Waals surface area contributed by atoms with E-state index in [1.54, 1.807) is 0 Å². The van der Waals surface area contributed by atoms with E-state index in [-0.39, 0.29) is 0 Å². The van der Waals surface area contributed by atoms with Crippen LogP contribution < -0.4 is 4.90 Å². The van der Waals surface area contributed by atoms with E-state index in [0.29, 0.717) is 0 Å². The number of benzene rings is 10. The van der Waals surface area contributed by atoms with Crippen molar-refractivity contribution in [3.05, 3.63) is 237 Å². The van der Waals surface area contributed by atoms with Crippen molar-refractivity contribution in [1.29, 1.82) is 0 Å². The molecule has 0 aliphatic rings. The van der Waals surface area contributed by atoms with Crippen molar-refractivity contribution >= 4 is 49.8 Å². The standard InChI is InChI=1S/C58H39NO/c1-3-15-41(16-4-1)49-23-7-8-24-50(49)46-22-11-21-45(39-46)40-31-35-47(36-32-40)59(54-28-14-30-56-58(54)53-25-9-10-29-55(53)60-56)48-37-33-43(34-38-48)52-27-13-20-44-19-12-26-51(57(44)52)42-17-5-2-6-18-42/h1-39H. The van der Waals surface area contributed by atoms with Crippen molar-refractivity contribution in [1.82, 2.24) is 0 Å². The first-order chi connectivity index (χ1) is 29.8. The van der Waals surface area contributed by atoms with Gasteiger partial charge >= 0.3 is 0 Å². The topological polar surface area (TPSA) is 16.4 Å². The summed E-state index contributed by atoms with van der Waals surface area (Å²) in [6.07, 6.45) is 0. The van der Waals surface area contributed by atoms with Crippen LogP contribution in [0, 0.1) is 0 Å². The van der Waals surface area contributed by atoms with Crippen LogP contribution in [0.4, 0.5) is 17.1 Å². The Morgan fingerprint density at radius 1 is 0.283 bits per heavy atom. The molecule has 0 N–H and O–H groups in total. The summed E-state index contributed by atoms with van der Waals surface area (Å²) in [6.45, 7) is 0. The van der Waals surface area contributed by atoms with Gasteiger partial charge in [-0.1, -0.05) is 188 Å². The predicted molar refractivity (Wildman–Crippen MR) is 253 cm³/mol. The van der Waals surface area contributed by atoms with E-state index in [9.17, 15) is 0 Å². The average Bonchev–Trinajstić information content (AvgIpc) is 3.72. The molecule has 60 heavy (non-hydrogen) atoms. The Morgan fingerprint density at radius 2 is 0.750 bits per heavy atom. The molecule has 282 valence electrons. The van der Waals surface area contributed by atoms with Gasteiger partial charge in [-0.2, -0.15) is 0 Å². The summed E-state index contributed by atoms with van der Waals surface area (Å²) in [5, 5.41) is 4.67. The zero-order chi connectivity index (χ0) is 39.8. The Labute approximate surface area is 349 Å². The summed E-state index contributed by atoms with van der Waals surface area (Å²) in [5.41, 5.74) is 16.9. The first-order valence-corrected chi connectivity index (χ1v) is 20.5. The zero-order valence-electron chi connectivity index (χ0n) is 32.9. The van der Waals surface area contributed by atoms with Crippen LogP contribution in [0.5, 0.6) is 0 Å². The number of anilines is 3. The molecule has 1 aromatic heterocycles. The van der Waals surface area contributed by atoms with Crippen LogP contribution in [0.3, 0.4) is 0 Å². The molecule has 0 amide bonds. The van der Waals surface area contributed by atoms with Gasteiger partial charge in [0.25, 0.3) is 0 Å². The summed E-state index contributed by atoms with van der Waals surface area (Å²) >= 11 is 0. The maximum atomic E-state index is 6.42. The molecular formula is C58H39NO. The van der Waals surface area contributed by atoms with Gasteiger partial charge in [0.2, 0.25) is 0 Å². The molecule has 0 saturated heterocycles. The Balaban J connectivity index is 1.01. The number of fused-ring (bicyclic) bond motifs is 4. The molecule has 2 heteroatoms. The van der Waals surface area contributed by atoms with Gasteiger partial charge in [0.15, 0.2) is 0 Å². The normalized spacial score (nSPS) is 11.3. The zero-order valence-corrected chi connectivity index (χ0v) is 32.9. The highest BCUT2D eigenvalue weighted by Crippen LogP contribution is 2.45. The highest BCUT2D eigenvalue weighted by molar-refractivity contribution is 6.13. The van der Waals surface area contributed by atoms with Gasteiger partial charge in [-0.15, -0.1) is 0 Å². The SMILES string of the molecule is c1ccc(-c2ccccc2-c2cccc(-c3ccc(N(c4ccc(-c5cccc6cccc(-c7ccccc7)c56)cc4)c4cccc5oc6ccccc6c45)cc3)c2)cc1. The molecule has 0 spiro atoms. The smallest absolute Gasteiger partial charge is 0.137 e. The molecule has 11 rings (SSSR count). The number of furan rings is 1. The maximum Gasteiger partial charge on any atom is 0.137 e. The van der Waals surface area contributed by atoms with Gasteiger partial charge in [0.1, 0.15) is 11.2 Å². The molecule has 0 radical (unpaired) electrons. The number of nitrogens with zero attached hydrogens (tertiary/aromatic N) is 1. The summed E-state index contributed by atoms with van der Waals surface area (Å²) in [6, 6.07) is 84.8. The molecule has 1 heterocycles. The lowest BCUT2D eigenvalue weighted by atomic mass is 9.91. The Kier molecular flexibility index (Phi) is 8.87. The van der Waals surface area contributed by atoms with Crippen molar-refractivity contribution in [2.24, 2.45) is 0 Å². The summed E-state index contributed by atoms with van der Waals surface area (Å²) < 4.78 is 6.42. The lowest BCUT2D eigenvalue weighted by Crippen LogP contribution is -2.10. The predicted octanol–water partition coefficient (Wildman–Crippen LogP) is 16.5. The molecule has 0 saturated carbocycles. The largest absolute Gasteiger partial charge is 0.456 e. The molecule has 0 atom stereocenters. The van der Waals surface area contributed by atoms with Crippen LogP contribution >= 0.6 is 0 Å². The third kappa shape index (κ3) is 6.32. The van der Waals surface area contributed by atoms with Crippen molar-refractivity contribution in [3.63, 3.8) is 0 Å². The monoisotopic (exact) mass is 765 g/mol. The van der Waals surface area contributed by atoms with Crippen molar-refractivity contribution in [2.45, 2.75) is 0 Å². The Hall–Kier alpha value is -7.94. The highest BCUT2D eigenvalue weighted by atomic mass is 16.3. The van der Waals surface area contributed by atoms with E-state index in [0.717, 1.165) is 44.6 Å². The molecule has 10 aromatic carbocycles. The van der Waals surface area contributed by atoms with E-state index in [1.807, 2.05) is 12.1 Å². The number of rotatable bonds is 8. The van der Waals surface area contributed by atoms with Crippen LogP contribution in [-0.4, -0.2) is 0 Å². The third-order valence-corrected chi connectivity index (χ3v) is 11.7. The molecule has 2 nitrogen and oxygen atoms in total. The number of para-hydroxylation sites is 1. The molecule has 11 aromatic rings.